The maximum absolute atomic E-state index is 13.5. The number of carbonyl (C=O) groups excluding carboxylic acids is 2. The van der Waals surface area contributed by atoms with Crippen LogP contribution < -0.4 is 5.73 Å². The van der Waals surface area contributed by atoms with Crippen LogP contribution >= 0.6 is 0 Å². The van der Waals surface area contributed by atoms with Gasteiger partial charge < -0.3 is 10.6 Å². The lowest BCUT2D eigenvalue weighted by Gasteiger charge is -2.42. The smallest absolute Gasteiger partial charge is 0.253 e. The van der Waals surface area contributed by atoms with Crippen molar-refractivity contribution < 1.29 is 9.59 Å². The summed E-state index contributed by atoms with van der Waals surface area (Å²) in [5.41, 5.74) is 7.71. The fourth-order valence-corrected chi connectivity index (χ4v) is 5.00. The second-order valence-corrected chi connectivity index (χ2v) is 10.2. The molecule has 0 atom stereocenters. The van der Waals surface area contributed by atoms with Crippen LogP contribution in [0.15, 0.2) is 36.7 Å². The molecule has 5 rings (SSSR count). The minimum atomic E-state index is -0.398. The number of amides is 1. The molecule has 7 nitrogen and oxygen atoms in total. The average Bonchev–Trinajstić information content (AvgIpc) is 3.22. The molecular weight excluding hydrogens is 402 g/mol. The predicted octanol–water partition coefficient (Wildman–Crippen LogP) is 3.82. The van der Waals surface area contributed by atoms with Gasteiger partial charge in [0, 0.05) is 47.4 Å². The van der Waals surface area contributed by atoms with Gasteiger partial charge in [-0.3, -0.25) is 14.3 Å². The lowest BCUT2D eigenvalue weighted by molar-refractivity contribution is 0.0453. The normalized spacial score (nSPS) is 18.2. The first-order valence-electron chi connectivity index (χ1n) is 11.3. The zero-order chi connectivity index (χ0) is 22.7. The summed E-state index contributed by atoms with van der Waals surface area (Å²) < 4.78 is 1.91. The van der Waals surface area contributed by atoms with Crippen LogP contribution in [0.25, 0.3) is 10.8 Å². The molecule has 0 radical (unpaired) electrons. The quantitative estimate of drug-likeness (QED) is 0.632. The number of hydrogen-bond acceptors (Lipinski definition) is 5. The third kappa shape index (κ3) is 3.27. The number of likely N-dealkylation sites (tertiary alicyclic amines) is 1. The van der Waals surface area contributed by atoms with Gasteiger partial charge in [-0.05, 0) is 76.1 Å². The number of ketones is 1. The zero-order valence-electron chi connectivity index (χ0n) is 18.9. The Hall–Kier alpha value is -3.22. The summed E-state index contributed by atoms with van der Waals surface area (Å²) in [4.78, 5) is 32.6. The molecular formula is C25H29N5O2. The number of nitrogen functional groups attached to an aromatic ring is 1. The number of aryl methyl sites for hydroxylation is 1. The SMILES string of the molecule is CC(C)(C)n1cc2c(n1)C(=O)C1(CC2)CCN(C(=O)c2ccc3c(N)nccc3c2)CC1. The van der Waals surface area contributed by atoms with Gasteiger partial charge in [0.1, 0.15) is 11.5 Å². The van der Waals surface area contributed by atoms with Crippen molar-refractivity contribution in [3.05, 3.63) is 53.5 Å². The van der Waals surface area contributed by atoms with Crippen LogP contribution in [0.2, 0.25) is 0 Å². The highest BCUT2D eigenvalue weighted by molar-refractivity contribution is 6.02. The number of benzene rings is 1. The van der Waals surface area contributed by atoms with Gasteiger partial charge in [-0.25, -0.2) is 4.98 Å². The van der Waals surface area contributed by atoms with Gasteiger partial charge in [0.05, 0.1) is 5.54 Å². The summed E-state index contributed by atoms with van der Waals surface area (Å²) in [6, 6.07) is 7.40. The number of nitrogens with zero attached hydrogens (tertiary/aromatic N) is 4. The molecule has 1 aliphatic carbocycles. The first-order valence-corrected chi connectivity index (χ1v) is 11.3. The van der Waals surface area contributed by atoms with Crippen molar-refractivity contribution >= 4 is 28.3 Å². The van der Waals surface area contributed by atoms with Crippen molar-refractivity contribution in [1.82, 2.24) is 19.7 Å². The number of fused-ring (bicyclic) bond motifs is 2. The van der Waals surface area contributed by atoms with Crippen LogP contribution in [0, 0.1) is 5.41 Å². The number of hydrogen-bond donors (Lipinski definition) is 1. The molecule has 32 heavy (non-hydrogen) atoms. The molecule has 3 heterocycles. The highest BCUT2D eigenvalue weighted by atomic mass is 16.2. The summed E-state index contributed by atoms with van der Waals surface area (Å²) in [6.07, 6.45) is 6.75. The van der Waals surface area contributed by atoms with Crippen LogP contribution in [-0.2, 0) is 12.0 Å². The number of nitrogens with two attached hydrogens (primary N) is 1. The van der Waals surface area contributed by atoms with Gasteiger partial charge in [-0.2, -0.15) is 5.10 Å². The number of rotatable bonds is 1. The Morgan fingerprint density at radius 1 is 1.12 bits per heavy atom. The lowest BCUT2D eigenvalue weighted by Crippen LogP contribution is -2.48. The fourth-order valence-electron chi connectivity index (χ4n) is 5.00. The Morgan fingerprint density at radius 2 is 1.88 bits per heavy atom. The van der Waals surface area contributed by atoms with Crippen molar-refractivity contribution in [1.29, 1.82) is 0 Å². The summed E-state index contributed by atoms with van der Waals surface area (Å²) in [7, 11) is 0. The van der Waals surface area contributed by atoms with Crippen molar-refractivity contribution in [2.75, 3.05) is 18.8 Å². The standard InChI is InChI=1S/C25H29N5O2/c1-24(2,3)30-15-18-6-8-25(21(31)20(18)28-30)9-12-29(13-10-25)23(32)17-4-5-19-16(14-17)7-11-27-22(19)26/h4-5,7,11,14-15H,6,8-10,12-13H2,1-3H3,(H2,26,27). The highest BCUT2D eigenvalue weighted by Gasteiger charge is 2.46. The Bertz CT molecular complexity index is 1230. The molecule has 7 heteroatoms. The number of anilines is 1. The monoisotopic (exact) mass is 431 g/mol. The van der Waals surface area contributed by atoms with Gasteiger partial charge in [-0.1, -0.05) is 0 Å². The summed E-state index contributed by atoms with van der Waals surface area (Å²) in [6.45, 7) is 7.43. The third-order valence-corrected chi connectivity index (χ3v) is 7.10. The minimum absolute atomic E-state index is 0.00177. The van der Waals surface area contributed by atoms with Gasteiger partial charge >= 0.3 is 0 Å². The summed E-state index contributed by atoms with van der Waals surface area (Å²) >= 11 is 0. The second-order valence-electron chi connectivity index (χ2n) is 10.2. The molecule has 166 valence electrons. The van der Waals surface area contributed by atoms with Gasteiger partial charge in [0.15, 0.2) is 5.78 Å². The maximum Gasteiger partial charge on any atom is 0.253 e. The van der Waals surface area contributed by atoms with E-state index < -0.39 is 5.41 Å². The third-order valence-electron chi connectivity index (χ3n) is 7.10. The molecule has 1 aromatic carbocycles. The average molecular weight is 432 g/mol. The molecule has 1 aliphatic heterocycles. The second kappa shape index (κ2) is 7.15. The molecule has 3 aromatic rings. The van der Waals surface area contributed by atoms with Crippen molar-refractivity contribution in [2.45, 2.75) is 52.0 Å². The van der Waals surface area contributed by atoms with E-state index in [0.717, 1.165) is 29.2 Å². The number of aromatic nitrogens is 3. The predicted molar refractivity (Wildman–Crippen MR) is 124 cm³/mol. The van der Waals surface area contributed by atoms with E-state index in [1.54, 1.807) is 6.20 Å². The lowest BCUT2D eigenvalue weighted by atomic mass is 9.67. The number of pyridine rings is 1. The number of piperidine rings is 1. The zero-order valence-corrected chi connectivity index (χ0v) is 18.9. The van der Waals surface area contributed by atoms with Crippen LogP contribution in [0.5, 0.6) is 0 Å². The molecule has 0 saturated carbocycles. The number of carbonyl (C=O) groups is 2. The largest absolute Gasteiger partial charge is 0.383 e. The summed E-state index contributed by atoms with van der Waals surface area (Å²) in [5.74, 6) is 0.617. The molecule has 2 aliphatic rings. The van der Waals surface area contributed by atoms with E-state index in [9.17, 15) is 9.59 Å². The Labute approximate surface area is 187 Å². The van der Waals surface area contributed by atoms with Gasteiger partial charge in [0.25, 0.3) is 5.91 Å². The van der Waals surface area contributed by atoms with Crippen molar-refractivity contribution in [2.24, 2.45) is 5.41 Å². The Kier molecular flexibility index (Phi) is 4.62. The molecule has 0 bridgehead atoms. The Balaban J connectivity index is 1.33. The summed E-state index contributed by atoms with van der Waals surface area (Å²) in [5, 5.41) is 6.41. The first kappa shape index (κ1) is 20.7. The van der Waals surface area contributed by atoms with E-state index in [1.165, 1.54) is 0 Å². The van der Waals surface area contributed by atoms with Crippen molar-refractivity contribution in [3.8, 4) is 0 Å². The topological polar surface area (TPSA) is 94.1 Å². The van der Waals surface area contributed by atoms with E-state index in [4.69, 9.17) is 5.73 Å². The van der Waals surface area contributed by atoms with E-state index in [0.29, 0.717) is 43.0 Å². The van der Waals surface area contributed by atoms with Crippen LogP contribution in [-0.4, -0.2) is 44.4 Å². The van der Waals surface area contributed by atoms with E-state index >= 15 is 0 Å². The van der Waals surface area contributed by atoms with Crippen LogP contribution in [0.3, 0.4) is 0 Å². The maximum atomic E-state index is 13.5. The first-order chi connectivity index (χ1) is 15.2. The van der Waals surface area contributed by atoms with Crippen molar-refractivity contribution in [3.63, 3.8) is 0 Å². The number of Topliss-reactive ketones (excluding diaryl/α,β-unsaturated/α-hetero) is 1. The molecule has 1 amide bonds. The van der Waals surface area contributed by atoms with Gasteiger partial charge in [-0.15, -0.1) is 0 Å². The molecule has 1 saturated heterocycles. The molecule has 2 N–H and O–H groups in total. The van der Waals surface area contributed by atoms with E-state index in [-0.39, 0.29) is 17.2 Å². The van der Waals surface area contributed by atoms with Crippen LogP contribution in [0.1, 0.15) is 66.4 Å². The van der Waals surface area contributed by atoms with Gasteiger partial charge in [0.2, 0.25) is 0 Å². The van der Waals surface area contributed by atoms with E-state index in [2.05, 4.69) is 30.9 Å². The molecule has 2 aromatic heterocycles. The Morgan fingerprint density at radius 3 is 2.59 bits per heavy atom. The highest BCUT2D eigenvalue weighted by Crippen LogP contribution is 2.43. The minimum Gasteiger partial charge on any atom is -0.383 e. The van der Waals surface area contributed by atoms with E-state index in [1.807, 2.05) is 40.0 Å². The molecule has 1 fully saturated rings. The van der Waals surface area contributed by atoms with Crippen LogP contribution in [0.4, 0.5) is 5.82 Å². The molecule has 0 unspecified atom stereocenters. The molecule has 1 spiro atoms. The fraction of sp³-hybridized carbons (Fsp3) is 0.440.